The summed E-state index contributed by atoms with van der Waals surface area (Å²) in [5, 5.41) is 0.577. The molecule has 4 aliphatic rings. The summed E-state index contributed by atoms with van der Waals surface area (Å²) in [5.41, 5.74) is 0.630. The number of halogens is 1. The van der Waals surface area contributed by atoms with Gasteiger partial charge in [0, 0.05) is 5.92 Å². The first-order valence-electron chi connectivity index (χ1n) is 10.6. The second-order valence-electron chi connectivity index (χ2n) is 10.1. The minimum absolute atomic E-state index is 0.378. The van der Waals surface area contributed by atoms with Crippen molar-refractivity contribution in [1.82, 2.24) is 0 Å². The van der Waals surface area contributed by atoms with Crippen molar-refractivity contribution in [3.05, 3.63) is 0 Å². The molecule has 1 nitrogen and oxygen atoms in total. The van der Waals surface area contributed by atoms with Crippen LogP contribution in [0.5, 0.6) is 0 Å². The highest BCUT2D eigenvalue weighted by molar-refractivity contribution is 9.09. The second-order valence-corrected chi connectivity index (χ2v) is 10.6. The molecule has 0 aliphatic heterocycles. The Hall–Kier alpha value is 0.150. The monoisotopic (exact) mass is 394 g/mol. The summed E-state index contributed by atoms with van der Waals surface area (Å²) >= 11 is 3.44. The third kappa shape index (κ3) is 2.83. The number of hydrogen-bond acceptors (Lipinski definition) is 1. The summed E-state index contributed by atoms with van der Waals surface area (Å²) in [7, 11) is 0. The molecule has 0 amide bonds. The van der Waals surface area contributed by atoms with E-state index in [2.05, 4.69) is 29.8 Å². The van der Waals surface area contributed by atoms with E-state index in [1.54, 1.807) is 0 Å². The lowest BCUT2D eigenvalue weighted by atomic mass is 9.46. The average molecular weight is 395 g/mol. The molecule has 8 atom stereocenters. The Balaban J connectivity index is 1.54. The van der Waals surface area contributed by atoms with Crippen molar-refractivity contribution in [3.8, 4) is 0 Å². The Morgan fingerprint density at radius 2 is 1.71 bits per heavy atom. The Morgan fingerprint density at radius 1 is 0.958 bits per heavy atom. The van der Waals surface area contributed by atoms with Gasteiger partial charge in [0.05, 0.1) is 5.33 Å². The highest BCUT2D eigenvalue weighted by atomic mass is 79.9. The molecule has 0 aromatic carbocycles. The maximum Gasteiger partial charge on any atom is 0.146 e. The summed E-state index contributed by atoms with van der Waals surface area (Å²) < 4.78 is 0. The van der Waals surface area contributed by atoms with E-state index < -0.39 is 0 Å². The SMILES string of the molecule is C[C@H]1CC[C@@H]2C3CC[C@H]4C(CCC[C@@H]4C(=O)CBr)[C@@H]3CC[C@]2(C)C1. The molecule has 4 saturated carbocycles. The van der Waals surface area contributed by atoms with E-state index >= 15 is 0 Å². The van der Waals surface area contributed by atoms with Crippen LogP contribution in [0.15, 0.2) is 0 Å². The molecule has 0 N–H and O–H groups in total. The molecule has 0 spiro atoms. The molecule has 4 rings (SSSR count). The lowest BCUT2D eigenvalue weighted by Gasteiger charge is -2.59. The van der Waals surface area contributed by atoms with Crippen LogP contribution in [-0.4, -0.2) is 11.1 Å². The molecule has 2 heteroatoms. The van der Waals surface area contributed by atoms with Crippen LogP contribution in [0.3, 0.4) is 0 Å². The van der Waals surface area contributed by atoms with E-state index in [4.69, 9.17) is 0 Å². The van der Waals surface area contributed by atoms with E-state index in [0.29, 0.717) is 22.4 Å². The van der Waals surface area contributed by atoms with Crippen molar-refractivity contribution < 1.29 is 4.79 Å². The van der Waals surface area contributed by atoms with Crippen molar-refractivity contribution in [3.63, 3.8) is 0 Å². The van der Waals surface area contributed by atoms with Crippen molar-refractivity contribution in [2.75, 3.05) is 5.33 Å². The molecular weight excluding hydrogens is 360 g/mol. The quantitative estimate of drug-likeness (QED) is 0.506. The van der Waals surface area contributed by atoms with Gasteiger partial charge >= 0.3 is 0 Å². The van der Waals surface area contributed by atoms with Gasteiger partial charge in [-0.05, 0) is 92.3 Å². The minimum atomic E-state index is 0.378. The molecule has 0 heterocycles. The number of alkyl halides is 1. The molecule has 0 saturated heterocycles. The number of fused-ring (bicyclic) bond motifs is 5. The Bertz CT molecular complexity index is 488. The number of ketones is 1. The Kier molecular flexibility index (Phi) is 4.91. The third-order valence-corrected chi connectivity index (χ3v) is 9.40. The topological polar surface area (TPSA) is 17.1 Å². The highest BCUT2D eigenvalue weighted by Gasteiger charge is 2.54. The van der Waals surface area contributed by atoms with Crippen LogP contribution in [0.25, 0.3) is 0 Å². The van der Waals surface area contributed by atoms with E-state index in [1.165, 1.54) is 64.2 Å². The van der Waals surface area contributed by atoms with Crippen molar-refractivity contribution in [2.24, 2.45) is 46.8 Å². The van der Waals surface area contributed by atoms with Gasteiger partial charge in [-0.15, -0.1) is 0 Å². The fourth-order valence-electron chi connectivity index (χ4n) is 7.97. The van der Waals surface area contributed by atoms with Gasteiger partial charge in [-0.25, -0.2) is 0 Å². The van der Waals surface area contributed by atoms with Gasteiger partial charge < -0.3 is 0 Å². The largest absolute Gasteiger partial charge is 0.298 e. The van der Waals surface area contributed by atoms with Gasteiger partial charge in [-0.3, -0.25) is 4.79 Å². The van der Waals surface area contributed by atoms with Gasteiger partial charge in [0.2, 0.25) is 0 Å². The average Bonchev–Trinajstić information content (AvgIpc) is 2.58. The van der Waals surface area contributed by atoms with Gasteiger partial charge in [0.25, 0.3) is 0 Å². The summed E-state index contributed by atoms with van der Waals surface area (Å²) in [6, 6.07) is 0. The predicted octanol–water partition coefficient (Wildman–Crippen LogP) is 6.25. The number of carbonyl (C=O) groups excluding carboxylic acids is 1. The Labute approximate surface area is 156 Å². The minimum Gasteiger partial charge on any atom is -0.298 e. The van der Waals surface area contributed by atoms with Crippen LogP contribution >= 0.6 is 15.9 Å². The van der Waals surface area contributed by atoms with Crippen LogP contribution in [-0.2, 0) is 4.79 Å². The van der Waals surface area contributed by atoms with Crippen LogP contribution in [0.1, 0.15) is 78.1 Å². The maximum absolute atomic E-state index is 12.5. The fraction of sp³-hybridized carbons (Fsp3) is 0.955. The summed E-state index contributed by atoms with van der Waals surface area (Å²) in [6.07, 6.45) is 14.0. The van der Waals surface area contributed by atoms with Gasteiger partial charge in [0.1, 0.15) is 5.78 Å². The van der Waals surface area contributed by atoms with Crippen molar-refractivity contribution >= 4 is 21.7 Å². The zero-order valence-electron chi connectivity index (χ0n) is 15.6. The predicted molar refractivity (Wildman–Crippen MR) is 103 cm³/mol. The normalized spacial score (nSPS) is 51.2. The van der Waals surface area contributed by atoms with Crippen LogP contribution in [0.4, 0.5) is 0 Å². The van der Waals surface area contributed by atoms with Crippen LogP contribution < -0.4 is 0 Å². The molecule has 0 bridgehead atoms. The second kappa shape index (κ2) is 6.71. The first-order valence-corrected chi connectivity index (χ1v) is 11.7. The van der Waals surface area contributed by atoms with E-state index in [9.17, 15) is 4.79 Å². The molecule has 0 radical (unpaired) electrons. The van der Waals surface area contributed by atoms with Crippen LogP contribution in [0, 0.1) is 46.8 Å². The summed E-state index contributed by atoms with van der Waals surface area (Å²) in [6.45, 7) is 5.09. The molecule has 0 aromatic rings. The highest BCUT2D eigenvalue weighted by Crippen LogP contribution is 2.62. The van der Waals surface area contributed by atoms with E-state index in [-0.39, 0.29) is 0 Å². The van der Waals surface area contributed by atoms with Gasteiger partial charge in [-0.2, -0.15) is 0 Å². The molecule has 24 heavy (non-hydrogen) atoms. The standard InChI is InChI=1S/C22H35BrO/c1-14-6-9-20-18-8-7-16-15(4-3-5-19(16)21(24)13-23)17(18)10-11-22(20,2)12-14/h14-20H,3-13H2,1-2H3/t14-,15?,16-,17-,18?,19-,20+,22+/m0/s1. The molecule has 136 valence electrons. The first-order chi connectivity index (χ1) is 11.5. The number of Topliss-reactive ketones (excluding diaryl/α,β-unsaturated/α-hetero) is 1. The Morgan fingerprint density at radius 3 is 2.50 bits per heavy atom. The van der Waals surface area contributed by atoms with Crippen LogP contribution in [0.2, 0.25) is 0 Å². The van der Waals surface area contributed by atoms with Crippen molar-refractivity contribution in [1.29, 1.82) is 0 Å². The molecule has 0 aromatic heterocycles. The molecule has 2 unspecified atom stereocenters. The van der Waals surface area contributed by atoms with Gasteiger partial charge in [0.15, 0.2) is 0 Å². The lowest BCUT2D eigenvalue weighted by Crippen LogP contribution is -2.52. The van der Waals surface area contributed by atoms with Gasteiger partial charge in [-0.1, -0.05) is 42.6 Å². The number of rotatable bonds is 2. The molecule has 4 aliphatic carbocycles. The lowest BCUT2D eigenvalue weighted by molar-refractivity contribution is -0.132. The zero-order chi connectivity index (χ0) is 16.9. The third-order valence-electron chi connectivity index (χ3n) is 8.84. The van der Waals surface area contributed by atoms with E-state index in [0.717, 1.165) is 35.5 Å². The van der Waals surface area contributed by atoms with Crippen molar-refractivity contribution in [2.45, 2.75) is 78.1 Å². The van der Waals surface area contributed by atoms with E-state index in [1.807, 2.05) is 0 Å². The fourth-order valence-corrected chi connectivity index (χ4v) is 8.38. The summed E-state index contributed by atoms with van der Waals surface area (Å²) in [5.74, 6) is 6.32. The zero-order valence-corrected chi connectivity index (χ0v) is 17.2. The molecule has 4 fully saturated rings. The number of hydrogen-bond donors (Lipinski definition) is 0. The first kappa shape index (κ1) is 17.6. The summed E-state index contributed by atoms with van der Waals surface area (Å²) in [4.78, 5) is 12.5. The number of carbonyl (C=O) groups is 1. The smallest absolute Gasteiger partial charge is 0.146 e. The maximum atomic E-state index is 12.5. The molecular formula is C22H35BrO.